The van der Waals surface area contributed by atoms with Gasteiger partial charge in [-0.15, -0.1) is 0 Å². The van der Waals surface area contributed by atoms with Gasteiger partial charge in [0.15, 0.2) is 5.82 Å². The Labute approximate surface area is 115 Å². The van der Waals surface area contributed by atoms with Gasteiger partial charge in [0.05, 0.1) is 0 Å². The molecule has 0 bridgehead atoms. The predicted octanol–water partition coefficient (Wildman–Crippen LogP) is 4.14. The Kier molecular flexibility index (Phi) is 4.31. The highest BCUT2D eigenvalue weighted by Crippen LogP contribution is 2.26. The number of benzene rings is 1. The Balaban J connectivity index is 2.60. The van der Waals surface area contributed by atoms with E-state index >= 15 is 0 Å². The monoisotopic (exact) mass is 254 g/mol. The van der Waals surface area contributed by atoms with E-state index in [0.29, 0.717) is 0 Å². The molecule has 100 valence electrons. The van der Waals surface area contributed by atoms with Gasteiger partial charge >= 0.3 is 0 Å². The van der Waals surface area contributed by atoms with Gasteiger partial charge in [-0.3, -0.25) is 0 Å². The Morgan fingerprint density at radius 2 is 1.47 bits per heavy atom. The fourth-order valence-corrected chi connectivity index (χ4v) is 2.49. The first kappa shape index (κ1) is 13.7. The fraction of sp³-hybridized carbons (Fsp3) is 0.412. The Hall–Kier alpha value is -1.70. The van der Waals surface area contributed by atoms with Gasteiger partial charge in [-0.25, -0.2) is 9.97 Å². The number of nitrogens with zero attached hydrogens (tertiary/aromatic N) is 2. The highest BCUT2D eigenvalue weighted by atomic mass is 14.9. The van der Waals surface area contributed by atoms with Crippen LogP contribution >= 0.6 is 0 Å². The molecular weight excluding hydrogens is 232 g/mol. The second-order valence-corrected chi connectivity index (χ2v) is 4.82. The summed E-state index contributed by atoms with van der Waals surface area (Å²) in [5, 5.41) is 0. The summed E-state index contributed by atoms with van der Waals surface area (Å²) >= 11 is 0. The average molecular weight is 254 g/mol. The zero-order chi connectivity index (χ0) is 13.8. The number of hydrogen-bond acceptors (Lipinski definition) is 2. The third-order valence-electron chi connectivity index (χ3n) is 3.68. The van der Waals surface area contributed by atoms with Gasteiger partial charge in [-0.05, 0) is 42.9 Å². The van der Waals surface area contributed by atoms with E-state index in [2.05, 4.69) is 50.9 Å². The zero-order valence-corrected chi connectivity index (χ0v) is 12.3. The second kappa shape index (κ2) is 5.96. The van der Waals surface area contributed by atoms with Crippen LogP contribution in [0.3, 0.4) is 0 Å². The van der Waals surface area contributed by atoms with E-state index in [1.165, 1.54) is 22.3 Å². The van der Waals surface area contributed by atoms with Gasteiger partial charge < -0.3 is 0 Å². The SMILES string of the molecule is CCc1cnc(-c2c(CC)cccc2CC)nc1C. The summed E-state index contributed by atoms with van der Waals surface area (Å²) in [5.74, 6) is 0.879. The van der Waals surface area contributed by atoms with Crippen LogP contribution in [0.25, 0.3) is 11.4 Å². The van der Waals surface area contributed by atoms with Crippen molar-refractivity contribution in [3.63, 3.8) is 0 Å². The largest absolute Gasteiger partial charge is 0.236 e. The van der Waals surface area contributed by atoms with Crippen LogP contribution in [-0.2, 0) is 19.3 Å². The van der Waals surface area contributed by atoms with Gasteiger partial charge in [-0.1, -0.05) is 39.0 Å². The van der Waals surface area contributed by atoms with Crippen LogP contribution in [0.1, 0.15) is 43.2 Å². The molecule has 19 heavy (non-hydrogen) atoms. The minimum absolute atomic E-state index is 0.879. The summed E-state index contributed by atoms with van der Waals surface area (Å²) < 4.78 is 0. The highest BCUT2D eigenvalue weighted by Gasteiger charge is 2.12. The molecule has 0 unspecified atom stereocenters. The number of rotatable bonds is 4. The summed E-state index contributed by atoms with van der Waals surface area (Å²) in [7, 11) is 0. The third kappa shape index (κ3) is 2.67. The summed E-state index contributed by atoms with van der Waals surface area (Å²) in [6.07, 6.45) is 4.99. The molecule has 1 aromatic carbocycles. The minimum atomic E-state index is 0.879. The van der Waals surface area contributed by atoms with E-state index < -0.39 is 0 Å². The second-order valence-electron chi connectivity index (χ2n) is 4.82. The normalized spacial score (nSPS) is 10.7. The van der Waals surface area contributed by atoms with E-state index in [1.807, 2.05) is 6.20 Å². The van der Waals surface area contributed by atoms with E-state index in [-0.39, 0.29) is 0 Å². The third-order valence-corrected chi connectivity index (χ3v) is 3.68. The summed E-state index contributed by atoms with van der Waals surface area (Å²) in [6.45, 7) is 8.59. The lowest BCUT2D eigenvalue weighted by atomic mass is 9.96. The van der Waals surface area contributed by atoms with E-state index in [9.17, 15) is 0 Å². The zero-order valence-electron chi connectivity index (χ0n) is 12.3. The lowest BCUT2D eigenvalue weighted by Gasteiger charge is -2.13. The molecule has 1 aromatic heterocycles. The van der Waals surface area contributed by atoms with Crippen LogP contribution in [0.2, 0.25) is 0 Å². The number of aromatic nitrogens is 2. The lowest BCUT2D eigenvalue weighted by Crippen LogP contribution is -2.01. The first-order valence-electron chi connectivity index (χ1n) is 7.14. The Morgan fingerprint density at radius 3 is 1.95 bits per heavy atom. The van der Waals surface area contributed by atoms with Crippen molar-refractivity contribution in [2.75, 3.05) is 0 Å². The van der Waals surface area contributed by atoms with Crippen LogP contribution in [-0.4, -0.2) is 9.97 Å². The number of hydrogen-bond donors (Lipinski definition) is 0. The van der Waals surface area contributed by atoms with Crippen LogP contribution < -0.4 is 0 Å². The summed E-state index contributed by atoms with van der Waals surface area (Å²) in [6, 6.07) is 6.50. The van der Waals surface area contributed by atoms with Crippen molar-refractivity contribution >= 4 is 0 Å². The van der Waals surface area contributed by atoms with Crippen molar-refractivity contribution in [2.45, 2.75) is 47.0 Å². The maximum Gasteiger partial charge on any atom is 0.159 e. The molecule has 0 aliphatic heterocycles. The molecule has 0 radical (unpaired) electrons. The molecule has 0 aliphatic rings. The maximum atomic E-state index is 4.72. The molecule has 1 heterocycles. The minimum Gasteiger partial charge on any atom is -0.236 e. The van der Waals surface area contributed by atoms with Crippen molar-refractivity contribution < 1.29 is 0 Å². The van der Waals surface area contributed by atoms with Crippen molar-refractivity contribution in [2.24, 2.45) is 0 Å². The molecule has 0 fully saturated rings. The molecule has 0 saturated heterocycles. The summed E-state index contributed by atoms with van der Waals surface area (Å²) in [4.78, 5) is 9.31. The van der Waals surface area contributed by atoms with E-state index in [0.717, 1.165) is 30.8 Å². The molecule has 0 atom stereocenters. The Bertz CT molecular complexity index is 551. The van der Waals surface area contributed by atoms with Gasteiger partial charge in [-0.2, -0.15) is 0 Å². The molecular formula is C17H22N2. The van der Waals surface area contributed by atoms with Gasteiger partial charge in [0.2, 0.25) is 0 Å². The van der Waals surface area contributed by atoms with Crippen molar-refractivity contribution in [3.8, 4) is 11.4 Å². The van der Waals surface area contributed by atoms with Crippen LogP contribution in [0.4, 0.5) is 0 Å². The molecule has 0 N–H and O–H groups in total. The molecule has 2 heteroatoms. The van der Waals surface area contributed by atoms with Crippen molar-refractivity contribution in [1.82, 2.24) is 9.97 Å². The van der Waals surface area contributed by atoms with Crippen molar-refractivity contribution in [1.29, 1.82) is 0 Å². The first-order chi connectivity index (χ1) is 9.21. The fourth-order valence-electron chi connectivity index (χ4n) is 2.49. The van der Waals surface area contributed by atoms with Crippen LogP contribution in [0.15, 0.2) is 24.4 Å². The molecule has 0 amide bonds. The standard InChI is InChI=1S/C17H22N2/c1-5-13-9-8-10-14(6-2)16(13)17-18-11-15(7-3)12(4)19-17/h8-11H,5-7H2,1-4H3. The average Bonchev–Trinajstić information content (AvgIpc) is 2.46. The van der Waals surface area contributed by atoms with Gasteiger partial charge in [0, 0.05) is 17.5 Å². The summed E-state index contributed by atoms with van der Waals surface area (Å²) in [5.41, 5.74) is 6.24. The van der Waals surface area contributed by atoms with Gasteiger partial charge in [0.25, 0.3) is 0 Å². The molecule has 0 saturated carbocycles. The molecule has 2 aromatic rings. The topological polar surface area (TPSA) is 25.8 Å². The quantitative estimate of drug-likeness (QED) is 0.819. The molecule has 2 nitrogen and oxygen atoms in total. The smallest absolute Gasteiger partial charge is 0.159 e. The highest BCUT2D eigenvalue weighted by molar-refractivity contribution is 5.65. The van der Waals surface area contributed by atoms with Crippen LogP contribution in [0.5, 0.6) is 0 Å². The van der Waals surface area contributed by atoms with Crippen LogP contribution in [0, 0.1) is 6.92 Å². The number of aryl methyl sites for hydroxylation is 4. The maximum absolute atomic E-state index is 4.72. The van der Waals surface area contributed by atoms with Gasteiger partial charge in [0.1, 0.15) is 0 Å². The molecule has 0 aliphatic carbocycles. The van der Waals surface area contributed by atoms with E-state index in [4.69, 9.17) is 4.98 Å². The van der Waals surface area contributed by atoms with E-state index in [1.54, 1.807) is 0 Å². The molecule has 0 spiro atoms. The Morgan fingerprint density at radius 1 is 0.895 bits per heavy atom. The van der Waals surface area contributed by atoms with Crippen molar-refractivity contribution in [3.05, 3.63) is 46.8 Å². The molecule has 2 rings (SSSR count). The predicted molar refractivity (Wildman–Crippen MR) is 80.3 cm³/mol. The first-order valence-corrected chi connectivity index (χ1v) is 7.14. The lowest BCUT2D eigenvalue weighted by molar-refractivity contribution is 0.988.